The smallest absolute Gasteiger partial charge is 0.308 e. The van der Waals surface area contributed by atoms with E-state index in [4.69, 9.17) is 4.74 Å². The van der Waals surface area contributed by atoms with Gasteiger partial charge in [0.25, 0.3) is 0 Å². The molecule has 2 rings (SSSR count). The normalized spacial score (nSPS) is 24.4. The highest BCUT2D eigenvalue weighted by Gasteiger charge is 2.31. The van der Waals surface area contributed by atoms with Gasteiger partial charge in [0, 0.05) is 0 Å². The Hall–Kier alpha value is -1.31. The van der Waals surface area contributed by atoms with Crippen molar-refractivity contribution in [1.82, 2.24) is 0 Å². The molecule has 1 unspecified atom stereocenters. The molecule has 1 aliphatic rings. The summed E-state index contributed by atoms with van der Waals surface area (Å²) in [6.45, 7) is 2.09. The maximum atomic E-state index is 11.4. The Bertz CT molecular complexity index is 367. The number of methoxy groups -OCH3 is 1. The first-order valence-corrected chi connectivity index (χ1v) is 5.85. The van der Waals surface area contributed by atoms with Gasteiger partial charge in [0.05, 0.1) is 13.0 Å². The van der Waals surface area contributed by atoms with E-state index < -0.39 is 0 Å². The fraction of sp³-hybridized carbons (Fsp3) is 0.500. The quantitative estimate of drug-likeness (QED) is 0.713. The summed E-state index contributed by atoms with van der Waals surface area (Å²) >= 11 is 0. The van der Waals surface area contributed by atoms with Crippen molar-refractivity contribution in [2.45, 2.75) is 32.1 Å². The van der Waals surface area contributed by atoms with Crippen LogP contribution >= 0.6 is 0 Å². The van der Waals surface area contributed by atoms with Gasteiger partial charge in [-0.3, -0.25) is 4.79 Å². The number of carbonyl (C=O) groups excluding carboxylic acids is 1. The van der Waals surface area contributed by atoms with Gasteiger partial charge in [0.1, 0.15) is 0 Å². The lowest BCUT2D eigenvalue weighted by Crippen LogP contribution is -2.12. The Morgan fingerprint density at radius 3 is 2.56 bits per heavy atom. The van der Waals surface area contributed by atoms with Crippen molar-refractivity contribution < 1.29 is 9.53 Å². The Morgan fingerprint density at radius 1 is 1.25 bits per heavy atom. The molecule has 0 heterocycles. The van der Waals surface area contributed by atoms with Crippen LogP contribution in [0.3, 0.4) is 0 Å². The van der Waals surface area contributed by atoms with Crippen molar-refractivity contribution >= 4 is 5.97 Å². The predicted octanol–water partition coefficient (Wildman–Crippen LogP) is 3.05. The predicted molar refractivity (Wildman–Crippen MR) is 63.3 cm³/mol. The number of hydrogen-bond acceptors (Lipinski definition) is 2. The van der Waals surface area contributed by atoms with E-state index in [-0.39, 0.29) is 11.9 Å². The molecule has 0 radical (unpaired) electrons. The molecule has 1 saturated carbocycles. The summed E-state index contributed by atoms with van der Waals surface area (Å²) in [5.41, 5.74) is 2.64. The van der Waals surface area contributed by atoms with Crippen molar-refractivity contribution in [3.8, 4) is 0 Å². The fourth-order valence-electron chi connectivity index (χ4n) is 2.50. The van der Waals surface area contributed by atoms with E-state index >= 15 is 0 Å². The van der Waals surface area contributed by atoms with E-state index in [1.807, 2.05) is 0 Å². The maximum absolute atomic E-state index is 11.4. The summed E-state index contributed by atoms with van der Waals surface area (Å²) in [5.74, 6) is 0.593. The molecular weight excluding hydrogens is 200 g/mol. The zero-order valence-electron chi connectivity index (χ0n) is 9.90. The van der Waals surface area contributed by atoms with Gasteiger partial charge < -0.3 is 4.74 Å². The van der Waals surface area contributed by atoms with Crippen molar-refractivity contribution in [2.24, 2.45) is 5.92 Å². The molecule has 2 heteroatoms. The van der Waals surface area contributed by atoms with Crippen LogP contribution in [-0.4, -0.2) is 13.1 Å². The van der Waals surface area contributed by atoms with E-state index in [0.29, 0.717) is 5.92 Å². The number of esters is 1. The monoisotopic (exact) mass is 218 g/mol. The van der Waals surface area contributed by atoms with Crippen LogP contribution in [0.25, 0.3) is 0 Å². The van der Waals surface area contributed by atoms with E-state index in [1.165, 1.54) is 18.2 Å². The number of aryl methyl sites for hydroxylation is 1. The van der Waals surface area contributed by atoms with Crippen molar-refractivity contribution in [3.05, 3.63) is 35.4 Å². The molecule has 0 saturated heterocycles. The van der Waals surface area contributed by atoms with Crippen molar-refractivity contribution in [2.75, 3.05) is 7.11 Å². The average molecular weight is 218 g/mol. The van der Waals surface area contributed by atoms with Crippen LogP contribution in [0.4, 0.5) is 0 Å². The van der Waals surface area contributed by atoms with Gasteiger partial charge in [0.15, 0.2) is 0 Å². The van der Waals surface area contributed by atoms with E-state index in [1.54, 1.807) is 0 Å². The molecule has 0 N–H and O–H groups in total. The van der Waals surface area contributed by atoms with E-state index in [2.05, 4.69) is 31.2 Å². The van der Waals surface area contributed by atoms with Crippen LogP contribution < -0.4 is 0 Å². The van der Waals surface area contributed by atoms with Crippen LogP contribution in [0.1, 0.15) is 36.3 Å². The Morgan fingerprint density at radius 2 is 1.94 bits per heavy atom. The second-order valence-corrected chi connectivity index (χ2v) is 4.64. The molecule has 86 valence electrons. The molecule has 16 heavy (non-hydrogen) atoms. The zero-order valence-corrected chi connectivity index (χ0v) is 9.90. The van der Waals surface area contributed by atoms with E-state index in [9.17, 15) is 4.79 Å². The van der Waals surface area contributed by atoms with Gasteiger partial charge in [-0.15, -0.1) is 0 Å². The zero-order chi connectivity index (χ0) is 11.5. The molecule has 0 aromatic heterocycles. The summed E-state index contributed by atoms with van der Waals surface area (Å²) in [7, 11) is 1.47. The number of hydrogen-bond donors (Lipinski definition) is 0. The van der Waals surface area contributed by atoms with Crippen molar-refractivity contribution in [1.29, 1.82) is 0 Å². The molecular formula is C14H18O2. The van der Waals surface area contributed by atoms with Crippen LogP contribution in [0.5, 0.6) is 0 Å². The number of carbonyl (C=O) groups is 1. The Balaban J connectivity index is 2.03. The average Bonchev–Trinajstić information content (AvgIpc) is 2.78. The first-order chi connectivity index (χ1) is 7.70. The summed E-state index contributed by atoms with van der Waals surface area (Å²) < 4.78 is 4.80. The third-order valence-electron chi connectivity index (χ3n) is 3.52. The van der Waals surface area contributed by atoms with Crippen LogP contribution in [-0.2, 0) is 9.53 Å². The molecule has 1 aromatic carbocycles. The lowest BCUT2D eigenvalue weighted by Gasteiger charge is -2.10. The molecule has 2 atom stereocenters. The van der Waals surface area contributed by atoms with Gasteiger partial charge in [-0.25, -0.2) is 0 Å². The number of rotatable bonds is 2. The topological polar surface area (TPSA) is 26.3 Å². The molecule has 0 amide bonds. The second kappa shape index (κ2) is 4.69. The van der Waals surface area contributed by atoms with Gasteiger partial charge >= 0.3 is 5.97 Å². The molecule has 1 fully saturated rings. The standard InChI is InChI=1S/C14H18O2/c1-10-3-5-11(6-4-10)12-7-8-13(9-12)14(15)16-2/h3-6,12-13H,7-9H2,1-2H3/t12-,13?/m0/s1. The molecule has 2 nitrogen and oxygen atoms in total. The third kappa shape index (κ3) is 2.26. The molecule has 0 bridgehead atoms. The number of ether oxygens (including phenoxy) is 1. The summed E-state index contributed by atoms with van der Waals surface area (Å²) in [6, 6.07) is 8.64. The largest absolute Gasteiger partial charge is 0.469 e. The molecule has 0 aliphatic heterocycles. The second-order valence-electron chi connectivity index (χ2n) is 4.64. The molecule has 0 spiro atoms. The SMILES string of the molecule is COC(=O)C1CC[C@H](c2ccc(C)cc2)C1. The highest BCUT2D eigenvalue weighted by atomic mass is 16.5. The molecule has 1 aromatic rings. The van der Waals surface area contributed by atoms with Gasteiger partial charge in [0.2, 0.25) is 0 Å². The first kappa shape index (κ1) is 11.2. The van der Waals surface area contributed by atoms with E-state index in [0.717, 1.165) is 19.3 Å². The highest BCUT2D eigenvalue weighted by molar-refractivity contribution is 5.72. The van der Waals surface area contributed by atoms with Crippen LogP contribution in [0.15, 0.2) is 24.3 Å². The highest BCUT2D eigenvalue weighted by Crippen LogP contribution is 2.38. The fourth-order valence-corrected chi connectivity index (χ4v) is 2.50. The Kier molecular flexibility index (Phi) is 3.28. The summed E-state index contributed by atoms with van der Waals surface area (Å²) in [4.78, 5) is 11.4. The summed E-state index contributed by atoms with van der Waals surface area (Å²) in [6.07, 6.45) is 3.00. The van der Waals surface area contributed by atoms with Crippen LogP contribution in [0.2, 0.25) is 0 Å². The Labute approximate surface area is 96.6 Å². The van der Waals surface area contributed by atoms with Gasteiger partial charge in [-0.2, -0.15) is 0 Å². The minimum absolute atomic E-state index is 0.0467. The summed E-state index contributed by atoms with van der Waals surface area (Å²) in [5, 5.41) is 0. The third-order valence-corrected chi connectivity index (χ3v) is 3.52. The molecule has 1 aliphatic carbocycles. The maximum Gasteiger partial charge on any atom is 0.308 e. The number of benzene rings is 1. The lowest BCUT2D eigenvalue weighted by molar-refractivity contribution is -0.145. The van der Waals surface area contributed by atoms with Gasteiger partial charge in [-0.05, 0) is 37.7 Å². The lowest BCUT2D eigenvalue weighted by atomic mass is 9.95. The first-order valence-electron chi connectivity index (χ1n) is 5.85. The van der Waals surface area contributed by atoms with Crippen LogP contribution in [0, 0.1) is 12.8 Å². The minimum atomic E-state index is -0.0467. The van der Waals surface area contributed by atoms with Gasteiger partial charge in [-0.1, -0.05) is 29.8 Å². The minimum Gasteiger partial charge on any atom is -0.469 e. The van der Waals surface area contributed by atoms with Crippen molar-refractivity contribution in [3.63, 3.8) is 0 Å².